The van der Waals surface area contributed by atoms with E-state index in [1.54, 1.807) is 11.8 Å². The lowest BCUT2D eigenvalue weighted by molar-refractivity contribution is -0.145. The molecule has 1 N–H and O–H groups in total. The number of nitrogens with zero attached hydrogens (tertiary/aromatic N) is 1. The van der Waals surface area contributed by atoms with E-state index in [1.165, 1.54) is 7.11 Å². The summed E-state index contributed by atoms with van der Waals surface area (Å²) in [7, 11) is 1.42. The van der Waals surface area contributed by atoms with Crippen molar-refractivity contribution >= 4 is 12.1 Å². The van der Waals surface area contributed by atoms with Gasteiger partial charge in [-0.25, -0.2) is 4.79 Å². The number of carbonyl (C=O) groups excluding carboxylic acids is 2. The Morgan fingerprint density at radius 2 is 1.90 bits per heavy atom. The second kappa shape index (κ2) is 8.87. The highest BCUT2D eigenvalue weighted by atomic mass is 16.6. The maximum atomic E-state index is 11.9. The van der Waals surface area contributed by atoms with Gasteiger partial charge in [-0.2, -0.15) is 0 Å². The predicted molar refractivity (Wildman–Crippen MR) is 80.0 cm³/mol. The minimum Gasteiger partial charge on any atom is -0.468 e. The first kappa shape index (κ1) is 17.8. The van der Waals surface area contributed by atoms with E-state index in [-0.39, 0.29) is 30.1 Å². The molecule has 122 valence electrons. The van der Waals surface area contributed by atoms with Crippen LogP contribution in [0, 0.1) is 5.92 Å². The molecule has 2 atom stereocenters. The van der Waals surface area contributed by atoms with Crippen LogP contribution in [0.5, 0.6) is 0 Å². The van der Waals surface area contributed by atoms with Gasteiger partial charge in [-0.05, 0) is 25.7 Å². The number of hydrogen-bond donors (Lipinski definition) is 1. The Hall–Kier alpha value is -1.30. The SMILES string of the molecule is CCOC(=O)N1CCC(NC(C(=O)OC)C(C)CC)CC1. The molecule has 0 spiro atoms. The van der Waals surface area contributed by atoms with Gasteiger partial charge in [0.2, 0.25) is 0 Å². The molecule has 1 heterocycles. The van der Waals surface area contributed by atoms with Crippen LogP contribution >= 0.6 is 0 Å². The Bertz CT molecular complexity index is 341. The van der Waals surface area contributed by atoms with Gasteiger partial charge in [0.05, 0.1) is 13.7 Å². The average molecular weight is 300 g/mol. The summed E-state index contributed by atoms with van der Waals surface area (Å²) in [6.07, 6.45) is 2.31. The van der Waals surface area contributed by atoms with Crippen LogP contribution in [-0.4, -0.2) is 55.9 Å². The average Bonchev–Trinajstić information content (AvgIpc) is 2.52. The van der Waals surface area contributed by atoms with Gasteiger partial charge in [-0.3, -0.25) is 4.79 Å². The predicted octanol–water partition coefficient (Wildman–Crippen LogP) is 1.78. The summed E-state index contributed by atoms with van der Waals surface area (Å²) in [4.78, 5) is 25.2. The van der Waals surface area contributed by atoms with E-state index in [0.29, 0.717) is 19.7 Å². The first-order valence-electron chi connectivity index (χ1n) is 7.79. The van der Waals surface area contributed by atoms with Crippen LogP contribution in [-0.2, 0) is 14.3 Å². The number of hydrogen-bond acceptors (Lipinski definition) is 5. The van der Waals surface area contributed by atoms with Gasteiger partial charge in [0.1, 0.15) is 6.04 Å². The second-order valence-electron chi connectivity index (χ2n) is 5.51. The lowest BCUT2D eigenvalue weighted by Crippen LogP contribution is -2.52. The zero-order chi connectivity index (χ0) is 15.8. The molecule has 2 unspecified atom stereocenters. The van der Waals surface area contributed by atoms with E-state index in [2.05, 4.69) is 12.2 Å². The zero-order valence-corrected chi connectivity index (χ0v) is 13.6. The van der Waals surface area contributed by atoms with Gasteiger partial charge < -0.3 is 19.7 Å². The van der Waals surface area contributed by atoms with E-state index >= 15 is 0 Å². The third-order valence-corrected chi connectivity index (χ3v) is 4.10. The van der Waals surface area contributed by atoms with Crippen LogP contribution in [0.3, 0.4) is 0 Å². The minimum absolute atomic E-state index is 0.211. The molecule has 1 saturated heterocycles. The molecule has 1 rings (SSSR count). The largest absolute Gasteiger partial charge is 0.468 e. The van der Waals surface area contributed by atoms with Crippen LogP contribution in [0.4, 0.5) is 4.79 Å². The molecule has 0 radical (unpaired) electrons. The molecule has 1 fully saturated rings. The number of amides is 1. The quantitative estimate of drug-likeness (QED) is 0.757. The summed E-state index contributed by atoms with van der Waals surface area (Å²) in [5.74, 6) is 0.0118. The summed E-state index contributed by atoms with van der Waals surface area (Å²) in [5, 5.41) is 3.40. The van der Waals surface area contributed by atoms with Crippen molar-refractivity contribution in [3.8, 4) is 0 Å². The number of carbonyl (C=O) groups is 2. The molecule has 1 amide bonds. The van der Waals surface area contributed by atoms with E-state index in [1.807, 2.05) is 6.92 Å². The Morgan fingerprint density at radius 3 is 2.38 bits per heavy atom. The number of piperidine rings is 1. The lowest BCUT2D eigenvalue weighted by Gasteiger charge is -2.34. The Kier molecular flexibility index (Phi) is 7.50. The van der Waals surface area contributed by atoms with Crippen molar-refractivity contribution in [2.24, 2.45) is 5.92 Å². The first-order chi connectivity index (χ1) is 10.0. The topological polar surface area (TPSA) is 67.9 Å². The zero-order valence-electron chi connectivity index (χ0n) is 13.6. The molecule has 21 heavy (non-hydrogen) atoms. The molecule has 0 aromatic heterocycles. The van der Waals surface area contributed by atoms with Crippen molar-refractivity contribution in [3.05, 3.63) is 0 Å². The van der Waals surface area contributed by atoms with Crippen LogP contribution in [0.2, 0.25) is 0 Å². The van der Waals surface area contributed by atoms with Gasteiger partial charge in [0, 0.05) is 19.1 Å². The molecule has 0 aromatic carbocycles. The fourth-order valence-electron chi connectivity index (χ4n) is 2.52. The molecular weight excluding hydrogens is 272 g/mol. The van der Waals surface area contributed by atoms with Crippen LogP contribution in [0.25, 0.3) is 0 Å². The number of ether oxygens (including phenoxy) is 2. The summed E-state index contributed by atoms with van der Waals surface area (Å²) >= 11 is 0. The van der Waals surface area contributed by atoms with E-state index in [4.69, 9.17) is 9.47 Å². The maximum absolute atomic E-state index is 11.9. The highest BCUT2D eigenvalue weighted by Crippen LogP contribution is 2.16. The van der Waals surface area contributed by atoms with Crippen molar-refractivity contribution in [3.63, 3.8) is 0 Å². The van der Waals surface area contributed by atoms with Gasteiger partial charge in [-0.15, -0.1) is 0 Å². The van der Waals surface area contributed by atoms with E-state index in [9.17, 15) is 9.59 Å². The third kappa shape index (κ3) is 5.19. The van der Waals surface area contributed by atoms with E-state index in [0.717, 1.165) is 19.3 Å². The van der Waals surface area contributed by atoms with E-state index < -0.39 is 0 Å². The fraction of sp³-hybridized carbons (Fsp3) is 0.867. The third-order valence-electron chi connectivity index (χ3n) is 4.10. The molecule has 0 aliphatic carbocycles. The summed E-state index contributed by atoms with van der Waals surface area (Å²) in [6, 6.07) is -0.0482. The highest BCUT2D eigenvalue weighted by molar-refractivity contribution is 5.76. The molecule has 0 saturated carbocycles. The number of methoxy groups -OCH3 is 1. The van der Waals surface area contributed by atoms with Crippen molar-refractivity contribution in [2.75, 3.05) is 26.8 Å². The van der Waals surface area contributed by atoms with Crippen molar-refractivity contribution in [2.45, 2.75) is 52.1 Å². The van der Waals surface area contributed by atoms with Crippen LogP contribution in [0.15, 0.2) is 0 Å². The van der Waals surface area contributed by atoms with Crippen LogP contribution < -0.4 is 5.32 Å². The smallest absolute Gasteiger partial charge is 0.409 e. The van der Waals surface area contributed by atoms with Crippen LogP contribution in [0.1, 0.15) is 40.0 Å². The Labute approximate surface area is 127 Å². The monoisotopic (exact) mass is 300 g/mol. The summed E-state index contributed by atoms with van der Waals surface area (Å²) in [6.45, 7) is 7.62. The molecule has 0 aromatic rings. The Morgan fingerprint density at radius 1 is 1.29 bits per heavy atom. The van der Waals surface area contributed by atoms with Gasteiger partial charge in [0.15, 0.2) is 0 Å². The Balaban J connectivity index is 2.49. The van der Waals surface area contributed by atoms with Gasteiger partial charge >= 0.3 is 12.1 Å². The number of nitrogens with one attached hydrogen (secondary N) is 1. The summed E-state index contributed by atoms with van der Waals surface area (Å²) in [5.41, 5.74) is 0. The molecule has 1 aliphatic rings. The standard InChI is InChI=1S/C15H28N2O4/c1-5-11(3)13(14(18)20-4)16-12-7-9-17(10-8-12)15(19)21-6-2/h11-13,16H,5-10H2,1-4H3. The number of likely N-dealkylation sites (tertiary alicyclic amines) is 1. The normalized spacial score (nSPS) is 19.0. The first-order valence-corrected chi connectivity index (χ1v) is 7.79. The van der Waals surface area contributed by atoms with Gasteiger partial charge in [-0.1, -0.05) is 20.3 Å². The maximum Gasteiger partial charge on any atom is 0.409 e. The molecule has 1 aliphatic heterocycles. The molecular formula is C15H28N2O4. The highest BCUT2D eigenvalue weighted by Gasteiger charge is 2.30. The van der Waals surface area contributed by atoms with Crippen molar-refractivity contribution < 1.29 is 19.1 Å². The summed E-state index contributed by atoms with van der Waals surface area (Å²) < 4.78 is 9.88. The number of esters is 1. The fourth-order valence-corrected chi connectivity index (χ4v) is 2.52. The van der Waals surface area contributed by atoms with Crippen molar-refractivity contribution in [1.29, 1.82) is 0 Å². The second-order valence-corrected chi connectivity index (χ2v) is 5.51. The molecule has 6 heteroatoms. The lowest BCUT2D eigenvalue weighted by atomic mass is 9.96. The molecule has 0 bridgehead atoms. The van der Waals surface area contributed by atoms with Crippen molar-refractivity contribution in [1.82, 2.24) is 10.2 Å². The molecule has 6 nitrogen and oxygen atoms in total. The number of rotatable bonds is 6. The minimum atomic E-state index is -0.279. The van der Waals surface area contributed by atoms with Gasteiger partial charge in [0.25, 0.3) is 0 Å².